The summed E-state index contributed by atoms with van der Waals surface area (Å²) in [5, 5.41) is 6.18. The van der Waals surface area contributed by atoms with Crippen molar-refractivity contribution in [3.8, 4) is 0 Å². The van der Waals surface area contributed by atoms with Gasteiger partial charge in [-0.3, -0.25) is 0 Å². The van der Waals surface area contributed by atoms with E-state index in [9.17, 15) is 0 Å². The van der Waals surface area contributed by atoms with E-state index in [0.717, 1.165) is 6.42 Å². The van der Waals surface area contributed by atoms with Crippen molar-refractivity contribution in [1.29, 1.82) is 0 Å². The summed E-state index contributed by atoms with van der Waals surface area (Å²) in [6.45, 7) is 6.20. The number of nitrogens with zero attached hydrogens (tertiary/aromatic N) is 2. The molecule has 1 aromatic carbocycles. The van der Waals surface area contributed by atoms with Crippen molar-refractivity contribution >= 4 is 18.1 Å². The molecule has 88 valence electrons. The Balaban J connectivity index is 0.000000249. The van der Waals surface area contributed by atoms with Gasteiger partial charge in [-0.1, -0.05) is 42.1 Å². The molecule has 0 aliphatic carbocycles. The van der Waals surface area contributed by atoms with Crippen molar-refractivity contribution in [2.24, 2.45) is 5.16 Å². The quantitative estimate of drug-likeness (QED) is 0.470. The molecule has 0 bridgehead atoms. The van der Waals surface area contributed by atoms with Crippen LogP contribution in [0.5, 0.6) is 0 Å². The Morgan fingerprint density at radius 1 is 1.35 bits per heavy atom. The maximum Gasteiger partial charge on any atom is 0.114 e. The summed E-state index contributed by atoms with van der Waals surface area (Å²) in [5.74, 6) is 0. The highest BCUT2D eigenvalue weighted by atomic mass is 32.1. The van der Waals surface area contributed by atoms with Gasteiger partial charge in [0.25, 0.3) is 0 Å². The lowest BCUT2D eigenvalue weighted by Crippen LogP contribution is -1.84. The van der Waals surface area contributed by atoms with Crippen molar-refractivity contribution in [3.05, 3.63) is 65.3 Å². The monoisotopic (exact) mass is 246 g/mol. The van der Waals surface area contributed by atoms with Crippen molar-refractivity contribution in [2.75, 3.05) is 0 Å². The van der Waals surface area contributed by atoms with E-state index in [1.54, 1.807) is 11.3 Å². The van der Waals surface area contributed by atoms with Crippen LogP contribution in [0.4, 0.5) is 0 Å². The molecule has 4 heteroatoms. The summed E-state index contributed by atoms with van der Waals surface area (Å²) in [5.41, 5.74) is 1.33. The van der Waals surface area contributed by atoms with Gasteiger partial charge >= 0.3 is 0 Å². The van der Waals surface area contributed by atoms with E-state index in [0.29, 0.717) is 0 Å². The third kappa shape index (κ3) is 5.63. The van der Waals surface area contributed by atoms with Crippen LogP contribution in [-0.4, -0.2) is 11.7 Å². The summed E-state index contributed by atoms with van der Waals surface area (Å²) < 4.78 is 0. The van der Waals surface area contributed by atoms with Gasteiger partial charge in [-0.05, 0) is 5.56 Å². The maximum absolute atomic E-state index is 4.23. The van der Waals surface area contributed by atoms with Gasteiger partial charge in [0, 0.05) is 24.7 Å². The fraction of sp³-hybridized carbons (Fsp3) is 0.0769. The zero-order valence-electron chi connectivity index (χ0n) is 9.45. The van der Waals surface area contributed by atoms with Gasteiger partial charge in [0.05, 0.1) is 5.01 Å². The lowest BCUT2D eigenvalue weighted by Gasteiger charge is -1.95. The molecule has 3 nitrogen and oxygen atoms in total. The highest BCUT2D eigenvalue weighted by Crippen LogP contribution is 2.10. The summed E-state index contributed by atoms with van der Waals surface area (Å²) in [6, 6.07) is 10.4. The maximum atomic E-state index is 4.23. The van der Waals surface area contributed by atoms with E-state index in [2.05, 4.69) is 52.5 Å². The van der Waals surface area contributed by atoms with Gasteiger partial charge in [-0.2, -0.15) is 0 Å². The van der Waals surface area contributed by atoms with Gasteiger partial charge in [-0.25, -0.2) is 4.98 Å². The molecule has 0 unspecified atom stereocenters. The molecule has 0 aliphatic rings. The predicted molar refractivity (Wildman–Crippen MR) is 72.2 cm³/mol. The normalized spacial score (nSPS) is 8.71. The lowest BCUT2D eigenvalue weighted by molar-refractivity contribution is 0.273. The van der Waals surface area contributed by atoms with Crippen LogP contribution < -0.4 is 0 Å². The molecule has 17 heavy (non-hydrogen) atoms. The Bertz CT molecular complexity index is 420. The highest BCUT2D eigenvalue weighted by molar-refractivity contribution is 7.09. The smallest absolute Gasteiger partial charge is 0.114 e. The van der Waals surface area contributed by atoms with E-state index in [-0.39, 0.29) is 0 Å². The first-order valence-electron chi connectivity index (χ1n) is 5.02. The van der Waals surface area contributed by atoms with Crippen LogP contribution in [0, 0.1) is 0 Å². The first-order valence-corrected chi connectivity index (χ1v) is 5.90. The number of hydrogen-bond acceptors (Lipinski definition) is 4. The first-order chi connectivity index (χ1) is 8.36. The van der Waals surface area contributed by atoms with Crippen LogP contribution >= 0.6 is 11.3 Å². The average Bonchev–Trinajstić information content (AvgIpc) is 2.85. The van der Waals surface area contributed by atoms with Crippen LogP contribution in [0.1, 0.15) is 10.6 Å². The molecule has 1 aromatic heterocycles. The van der Waals surface area contributed by atoms with Crippen LogP contribution in [0.3, 0.4) is 0 Å². The van der Waals surface area contributed by atoms with Crippen LogP contribution in [0.25, 0.3) is 0 Å². The Morgan fingerprint density at radius 3 is 2.59 bits per heavy atom. The van der Waals surface area contributed by atoms with Crippen molar-refractivity contribution < 1.29 is 4.84 Å². The van der Waals surface area contributed by atoms with E-state index in [1.807, 2.05) is 17.6 Å². The highest BCUT2D eigenvalue weighted by Gasteiger charge is 1.95. The molecular formula is C13H14N2OS. The van der Waals surface area contributed by atoms with Gasteiger partial charge in [-0.15, -0.1) is 11.3 Å². The number of aromatic nitrogens is 1. The molecule has 0 amide bonds. The molecular weight excluding hydrogens is 232 g/mol. The Labute approximate surface area is 105 Å². The Hall–Kier alpha value is -1.94. The second-order valence-corrected chi connectivity index (χ2v) is 3.97. The van der Waals surface area contributed by atoms with E-state index in [1.165, 1.54) is 16.8 Å². The second kappa shape index (κ2) is 8.24. The SMILES string of the molecule is C=CON=C.c1ccc(Cc2nccs2)cc1. The molecule has 0 aliphatic heterocycles. The molecule has 0 radical (unpaired) electrons. The molecule has 2 aromatic rings. The van der Waals surface area contributed by atoms with Crippen molar-refractivity contribution in [3.63, 3.8) is 0 Å². The van der Waals surface area contributed by atoms with Crippen molar-refractivity contribution in [1.82, 2.24) is 4.98 Å². The molecule has 0 saturated heterocycles. The number of oxime groups is 1. The minimum absolute atomic E-state index is 0.957. The van der Waals surface area contributed by atoms with E-state index >= 15 is 0 Å². The third-order valence-corrected chi connectivity index (χ3v) is 2.61. The van der Waals surface area contributed by atoms with Crippen molar-refractivity contribution in [2.45, 2.75) is 6.42 Å². The van der Waals surface area contributed by atoms with Crippen LogP contribution in [0.15, 0.2) is 59.9 Å². The number of benzene rings is 1. The molecule has 0 N–H and O–H groups in total. The zero-order chi connectivity index (χ0) is 12.3. The summed E-state index contributed by atoms with van der Waals surface area (Å²) in [7, 11) is 0. The fourth-order valence-corrected chi connectivity index (χ4v) is 1.81. The summed E-state index contributed by atoms with van der Waals surface area (Å²) >= 11 is 1.71. The Kier molecular flexibility index (Phi) is 6.36. The van der Waals surface area contributed by atoms with E-state index in [4.69, 9.17) is 0 Å². The van der Waals surface area contributed by atoms with Gasteiger partial charge < -0.3 is 4.84 Å². The molecule has 1 heterocycles. The molecule has 0 spiro atoms. The summed E-state index contributed by atoms with van der Waals surface area (Å²) in [4.78, 5) is 8.34. The number of thiazole rings is 1. The number of hydrogen-bond donors (Lipinski definition) is 0. The molecule has 0 atom stereocenters. The Morgan fingerprint density at radius 2 is 2.12 bits per heavy atom. The van der Waals surface area contributed by atoms with Crippen LogP contribution in [0.2, 0.25) is 0 Å². The molecule has 0 saturated carbocycles. The van der Waals surface area contributed by atoms with Gasteiger partial charge in [0.1, 0.15) is 6.26 Å². The minimum Gasteiger partial charge on any atom is -0.366 e. The zero-order valence-corrected chi connectivity index (χ0v) is 10.3. The largest absolute Gasteiger partial charge is 0.366 e. The second-order valence-electron chi connectivity index (χ2n) is 2.99. The average molecular weight is 246 g/mol. The lowest BCUT2D eigenvalue weighted by atomic mass is 10.2. The van der Waals surface area contributed by atoms with E-state index < -0.39 is 0 Å². The standard InChI is InChI=1S/C10H9NS.C3H5NO/c1-2-4-9(5-3-1)8-10-11-6-7-12-10;1-3-5-4-2/h1-7H,8H2;3H,1-2H2. The predicted octanol–water partition coefficient (Wildman–Crippen LogP) is 3.50. The van der Waals surface area contributed by atoms with Gasteiger partial charge in [0.15, 0.2) is 0 Å². The molecule has 2 rings (SSSR count). The first kappa shape index (κ1) is 13.1. The minimum atomic E-state index is 0.957. The van der Waals surface area contributed by atoms with Gasteiger partial charge in [0.2, 0.25) is 0 Å². The van der Waals surface area contributed by atoms with Crippen LogP contribution in [-0.2, 0) is 11.3 Å². The molecule has 0 fully saturated rings. The fourth-order valence-electron chi connectivity index (χ4n) is 1.16. The third-order valence-electron chi connectivity index (χ3n) is 1.83. The topological polar surface area (TPSA) is 34.5 Å². The summed E-state index contributed by atoms with van der Waals surface area (Å²) in [6.07, 6.45) is 4.01. The number of rotatable bonds is 4.